The lowest BCUT2D eigenvalue weighted by Crippen LogP contribution is -2.31. The molecule has 0 radical (unpaired) electrons. The quantitative estimate of drug-likeness (QED) is 0.943. The number of nitrogens with two attached hydrogens (primary N) is 1. The van der Waals surface area contributed by atoms with Gasteiger partial charge in [-0.25, -0.2) is 9.97 Å². The number of fused-ring (bicyclic) bond motifs is 1. The van der Waals surface area contributed by atoms with Gasteiger partial charge < -0.3 is 10.6 Å². The number of rotatable bonds is 3. The van der Waals surface area contributed by atoms with Crippen LogP contribution in [0.5, 0.6) is 0 Å². The Hall–Kier alpha value is -1.89. The molecule has 4 nitrogen and oxygen atoms in total. The maximum Gasteiger partial charge on any atom is 0.393 e. The third kappa shape index (κ3) is 3.55. The van der Waals surface area contributed by atoms with Crippen LogP contribution in [0.4, 0.5) is 19.0 Å². The Morgan fingerprint density at radius 3 is 2.70 bits per heavy atom. The van der Waals surface area contributed by atoms with E-state index in [-0.39, 0.29) is 17.6 Å². The summed E-state index contributed by atoms with van der Waals surface area (Å²) in [6.45, 7) is 0. The third-order valence-corrected chi connectivity index (χ3v) is 4.41. The van der Waals surface area contributed by atoms with Crippen LogP contribution >= 0.6 is 0 Å². The summed E-state index contributed by atoms with van der Waals surface area (Å²) < 4.78 is 37.9. The second-order valence-electron chi connectivity index (χ2n) is 6.18. The average Bonchev–Trinajstić information content (AvgIpc) is 2.91. The number of anilines is 1. The van der Waals surface area contributed by atoms with E-state index < -0.39 is 12.6 Å². The van der Waals surface area contributed by atoms with Gasteiger partial charge in [-0.15, -0.1) is 0 Å². The molecule has 1 aliphatic rings. The van der Waals surface area contributed by atoms with Crippen molar-refractivity contribution in [1.29, 1.82) is 0 Å². The normalized spacial score (nSPS) is 21.8. The predicted octanol–water partition coefficient (Wildman–Crippen LogP) is 3.05. The van der Waals surface area contributed by atoms with Gasteiger partial charge in [0.15, 0.2) is 0 Å². The van der Waals surface area contributed by atoms with Crippen LogP contribution in [-0.2, 0) is 6.42 Å². The number of benzene rings is 1. The number of hydrogen-bond donors (Lipinski definition) is 1. The molecule has 2 unspecified atom stereocenters. The zero-order valence-corrected chi connectivity index (χ0v) is 12.8. The molecule has 1 saturated carbocycles. The van der Waals surface area contributed by atoms with Crippen molar-refractivity contribution in [1.82, 2.24) is 9.97 Å². The summed E-state index contributed by atoms with van der Waals surface area (Å²) in [5.41, 5.74) is 6.83. The van der Waals surface area contributed by atoms with Crippen LogP contribution in [0.3, 0.4) is 0 Å². The molecule has 124 valence electrons. The first-order valence-corrected chi connectivity index (χ1v) is 7.62. The minimum atomic E-state index is -4.23. The summed E-state index contributed by atoms with van der Waals surface area (Å²) in [6, 6.07) is 5.07. The molecule has 2 atom stereocenters. The molecule has 0 aliphatic heterocycles. The van der Waals surface area contributed by atoms with Crippen LogP contribution in [0.25, 0.3) is 10.9 Å². The molecular formula is C16H19F3N4. The van der Waals surface area contributed by atoms with E-state index in [2.05, 4.69) is 9.97 Å². The van der Waals surface area contributed by atoms with Crippen LogP contribution < -0.4 is 10.6 Å². The van der Waals surface area contributed by atoms with Gasteiger partial charge in [-0.05, 0) is 37.0 Å². The zero-order chi connectivity index (χ0) is 16.6. The molecule has 1 aromatic carbocycles. The summed E-state index contributed by atoms with van der Waals surface area (Å²) in [6.07, 6.45) is -0.942. The fraction of sp³-hybridized carbons (Fsp3) is 0.500. The highest BCUT2D eigenvalue weighted by molar-refractivity contribution is 5.89. The molecule has 0 amide bonds. The summed E-state index contributed by atoms with van der Waals surface area (Å²) >= 11 is 0. The van der Waals surface area contributed by atoms with Gasteiger partial charge >= 0.3 is 6.18 Å². The van der Waals surface area contributed by atoms with Crippen molar-refractivity contribution in [3.63, 3.8) is 0 Å². The molecule has 0 saturated heterocycles. The van der Waals surface area contributed by atoms with Crippen molar-refractivity contribution in [2.75, 3.05) is 11.9 Å². The maximum atomic E-state index is 12.6. The first-order chi connectivity index (χ1) is 10.8. The highest BCUT2D eigenvalue weighted by atomic mass is 19.4. The fourth-order valence-corrected chi connectivity index (χ4v) is 3.23. The van der Waals surface area contributed by atoms with E-state index in [0.29, 0.717) is 16.7 Å². The third-order valence-electron chi connectivity index (χ3n) is 4.41. The molecule has 2 aromatic rings. The van der Waals surface area contributed by atoms with E-state index in [0.717, 1.165) is 19.3 Å². The van der Waals surface area contributed by atoms with Gasteiger partial charge in [0.05, 0.1) is 11.9 Å². The SMILES string of the molecule is CN(c1ncnc2ccc(CC(F)(F)F)cc12)C1CCC(N)C1. The molecule has 3 rings (SSSR count). The molecule has 23 heavy (non-hydrogen) atoms. The Morgan fingerprint density at radius 1 is 1.26 bits per heavy atom. The zero-order valence-electron chi connectivity index (χ0n) is 12.8. The lowest BCUT2D eigenvalue weighted by molar-refractivity contribution is -0.127. The van der Waals surface area contributed by atoms with Gasteiger partial charge in [0.1, 0.15) is 12.1 Å². The van der Waals surface area contributed by atoms with Crippen molar-refractivity contribution in [2.45, 2.75) is 43.9 Å². The molecule has 0 spiro atoms. The number of nitrogens with zero attached hydrogens (tertiary/aromatic N) is 3. The largest absolute Gasteiger partial charge is 0.393 e. The topological polar surface area (TPSA) is 55.0 Å². The van der Waals surface area contributed by atoms with E-state index in [1.165, 1.54) is 12.4 Å². The second kappa shape index (κ2) is 5.96. The van der Waals surface area contributed by atoms with E-state index >= 15 is 0 Å². The van der Waals surface area contributed by atoms with Crippen LogP contribution in [0.2, 0.25) is 0 Å². The second-order valence-corrected chi connectivity index (χ2v) is 6.18. The first kappa shape index (κ1) is 16.0. The first-order valence-electron chi connectivity index (χ1n) is 7.62. The lowest BCUT2D eigenvalue weighted by atomic mass is 10.1. The molecule has 1 heterocycles. The fourth-order valence-electron chi connectivity index (χ4n) is 3.23. The van der Waals surface area contributed by atoms with Gasteiger partial charge in [-0.2, -0.15) is 13.2 Å². The highest BCUT2D eigenvalue weighted by Gasteiger charge is 2.29. The molecule has 1 aromatic heterocycles. The van der Waals surface area contributed by atoms with Crippen molar-refractivity contribution >= 4 is 16.7 Å². The molecular weight excluding hydrogens is 305 g/mol. The maximum absolute atomic E-state index is 12.6. The van der Waals surface area contributed by atoms with Crippen LogP contribution in [-0.4, -0.2) is 35.3 Å². The number of halogens is 3. The van der Waals surface area contributed by atoms with Gasteiger partial charge in [-0.1, -0.05) is 6.07 Å². The summed E-state index contributed by atoms with van der Waals surface area (Å²) in [5.74, 6) is 0.665. The van der Waals surface area contributed by atoms with Gasteiger partial charge in [0, 0.05) is 24.5 Å². The van der Waals surface area contributed by atoms with Gasteiger partial charge in [-0.3, -0.25) is 0 Å². The summed E-state index contributed by atoms with van der Waals surface area (Å²) in [7, 11) is 1.92. The molecule has 2 N–H and O–H groups in total. The van der Waals surface area contributed by atoms with Gasteiger partial charge in [0.25, 0.3) is 0 Å². The Kier molecular flexibility index (Phi) is 4.14. The lowest BCUT2D eigenvalue weighted by Gasteiger charge is -2.26. The minimum absolute atomic E-state index is 0.177. The van der Waals surface area contributed by atoms with E-state index in [9.17, 15) is 13.2 Å². The number of aromatic nitrogens is 2. The molecule has 1 fully saturated rings. The van der Waals surface area contributed by atoms with E-state index in [4.69, 9.17) is 5.73 Å². The standard InChI is InChI=1S/C16H19F3N4/c1-23(12-4-3-11(20)7-12)15-13-6-10(8-16(17,18)19)2-5-14(13)21-9-22-15/h2,5-6,9,11-12H,3-4,7-8,20H2,1H3. The van der Waals surface area contributed by atoms with Crippen molar-refractivity contribution in [3.8, 4) is 0 Å². The Morgan fingerprint density at radius 2 is 2.04 bits per heavy atom. The molecule has 1 aliphatic carbocycles. The Labute approximate surface area is 132 Å². The summed E-state index contributed by atoms with van der Waals surface area (Å²) in [4.78, 5) is 10.5. The van der Waals surface area contributed by atoms with Gasteiger partial charge in [0.2, 0.25) is 0 Å². The highest BCUT2D eigenvalue weighted by Crippen LogP contribution is 2.31. The van der Waals surface area contributed by atoms with Crippen molar-refractivity contribution in [3.05, 3.63) is 30.1 Å². The minimum Gasteiger partial charge on any atom is -0.356 e. The van der Waals surface area contributed by atoms with Crippen molar-refractivity contribution in [2.24, 2.45) is 5.73 Å². The predicted molar refractivity (Wildman–Crippen MR) is 83.3 cm³/mol. The average molecular weight is 324 g/mol. The Balaban J connectivity index is 1.97. The van der Waals surface area contributed by atoms with Crippen LogP contribution in [0.15, 0.2) is 24.5 Å². The number of alkyl halides is 3. The van der Waals surface area contributed by atoms with Crippen LogP contribution in [0, 0.1) is 0 Å². The smallest absolute Gasteiger partial charge is 0.356 e. The Bertz CT molecular complexity index is 701. The molecule has 0 bridgehead atoms. The van der Waals surface area contributed by atoms with E-state index in [1.54, 1.807) is 12.1 Å². The number of hydrogen-bond acceptors (Lipinski definition) is 4. The summed E-state index contributed by atoms with van der Waals surface area (Å²) in [5, 5.41) is 0.650. The van der Waals surface area contributed by atoms with E-state index in [1.807, 2.05) is 11.9 Å². The monoisotopic (exact) mass is 324 g/mol. The van der Waals surface area contributed by atoms with Crippen molar-refractivity contribution < 1.29 is 13.2 Å². The van der Waals surface area contributed by atoms with Crippen LogP contribution in [0.1, 0.15) is 24.8 Å². The molecule has 7 heteroatoms.